The molecule has 2 rings (SSSR count). The molecule has 0 amide bonds. The Kier molecular flexibility index (Phi) is 6.54. The van der Waals surface area contributed by atoms with Crippen LogP contribution in [0.3, 0.4) is 0 Å². The van der Waals surface area contributed by atoms with Crippen LogP contribution in [-0.4, -0.2) is 22.1 Å². The van der Waals surface area contributed by atoms with Crippen molar-refractivity contribution in [2.45, 2.75) is 58.5 Å². The minimum Gasteiger partial charge on any atom is -0.469 e. The predicted octanol–water partition coefficient (Wildman–Crippen LogP) is 3.43. The van der Waals surface area contributed by atoms with Crippen LogP contribution in [0.25, 0.3) is 0 Å². The van der Waals surface area contributed by atoms with Crippen LogP contribution in [0.2, 0.25) is 0 Å². The van der Waals surface area contributed by atoms with Crippen molar-refractivity contribution in [1.29, 1.82) is 0 Å². The van der Waals surface area contributed by atoms with E-state index >= 15 is 0 Å². The summed E-state index contributed by atoms with van der Waals surface area (Å²) in [6, 6.07) is 4.46. The third-order valence-electron chi connectivity index (χ3n) is 3.70. The van der Waals surface area contributed by atoms with Crippen molar-refractivity contribution < 1.29 is 4.42 Å². The highest BCUT2D eigenvalue weighted by molar-refractivity contribution is 5.00. The largest absolute Gasteiger partial charge is 0.469 e. The second-order valence-electron chi connectivity index (χ2n) is 5.51. The van der Waals surface area contributed by atoms with E-state index in [1.807, 2.05) is 12.3 Å². The van der Waals surface area contributed by atoms with Gasteiger partial charge in [-0.1, -0.05) is 13.8 Å². The molecule has 1 atom stereocenters. The summed E-state index contributed by atoms with van der Waals surface area (Å²) in [5.41, 5.74) is 0. The van der Waals surface area contributed by atoms with Gasteiger partial charge in [0.1, 0.15) is 11.6 Å². The lowest BCUT2D eigenvalue weighted by Gasteiger charge is -2.18. The zero-order valence-corrected chi connectivity index (χ0v) is 13.2. The molecule has 21 heavy (non-hydrogen) atoms. The van der Waals surface area contributed by atoms with Gasteiger partial charge in [0.2, 0.25) is 0 Å². The number of furan rings is 1. The molecule has 2 aromatic heterocycles. The maximum Gasteiger partial charge on any atom is 0.110 e. The Morgan fingerprint density at radius 3 is 2.95 bits per heavy atom. The van der Waals surface area contributed by atoms with Crippen molar-refractivity contribution in [3.63, 3.8) is 0 Å². The van der Waals surface area contributed by atoms with Gasteiger partial charge in [-0.25, -0.2) is 4.98 Å². The van der Waals surface area contributed by atoms with E-state index < -0.39 is 0 Å². The van der Waals surface area contributed by atoms with Crippen LogP contribution >= 0.6 is 0 Å². The first-order valence-corrected chi connectivity index (χ1v) is 8.09. The summed E-state index contributed by atoms with van der Waals surface area (Å²) in [5, 5.41) is 3.64. The Morgan fingerprint density at radius 1 is 1.33 bits per heavy atom. The van der Waals surface area contributed by atoms with Gasteiger partial charge in [-0.2, -0.15) is 0 Å². The van der Waals surface area contributed by atoms with Crippen LogP contribution in [0.5, 0.6) is 0 Å². The number of imidazole rings is 1. The maximum absolute atomic E-state index is 5.44. The van der Waals surface area contributed by atoms with Gasteiger partial charge in [0, 0.05) is 37.8 Å². The molecule has 0 fully saturated rings. The third kappa shape index (κ3) is 5.05. The van der Waals surface area contributed by atoms with E-state index in [1.165, 1.54) is 5.82 Å². The van der Waals surface area contributed by atoms with E-state index in [1.54, 1.807) is 6.26 Å². The molecular formula is C17H27N3O. The van der Waals surface area contributed by atoms with Gasteiger partial charge in [0.15, 0.2) is 0 Å². The molecule has 4 heteroatoms. The highest BCUT2D eigenvalue weighted by Gasteiger charge is 2.13. The second-order valence-corrected chi connectivity index (χ2v) is 5.51. The van der Waals surface area contributed by atoms with Gasteiger partial charge in [0.25, 0.3) is 0 Å². The van der Waals surface area contributed by atoms with E-state index in [-0.39, 0.29) is 0 Å². The van der Waals surface area contributed by atoms with Crippen LogP contribution in [0, 0.1) is 0 Å². The molecular weight excluding hydrogens is 262 g/mol. The van der Waals surface area contributed by atoms with Crippen molar-refractivity contribution in [2.24, 2.45) is 0 Å². The summed E-state index contributed by atoms with van der Waals surface area (Å²) in [5.74, 6) is 2.25. The Balaban J connectivity index is 1.92. The van der Waals surface area contributed by atoms with Gasteiger partial charge in [-0.3, -0.25) is 0 Å². The summed E-state index contributed by atoms with van der Waals surface area (Å²) in [6.07, 6.45) is 11.1. The minimum atomic E-state index is 0.452. The summed E-state index contributed by atoms with van der Waals surface area (Å²) in [7, 11) is 0. The van der Waals surface area contributed by atoms with E-state index in [9.17, 15) is 0 Å². The minimum absolute atomic E-state index is 0.452. The average molecular weight is 289 g/mol. The van der Waals surface area contributed by atoms with Crippen LogP contribution in [0.15, 0.2) is 35.2 Å². The van der Waals surface area contributed by atoms with Crippen molar-refractivity contribution >= 4 is 0 Å². The molecule has 0 aliphatic heterocycles. The topological polar surface area (TPSA) is 43.0 Å². The fourth-order valence-electron chi connectivity index (χ4n) is 2.59. The number of hydrogen-bond donors (Lipinski definition) is 1. The zero-order valence-electron chi connectivity index (χ0n) is 13.2. The monoisotopic (exact) mass is 289 g/mol. The molecule has 4 nitrogen and oxygen atoms in total. The fourth-order valence-corrected chi connectivity index (χ4v) is 2.59. The second kappa shape index (κ2) is 8.67. The predicted molar refractivity (Wildman–Crippen MR) is 85.3 cm³/mol. The number of aryl methyl sites for hydroxylation is 2. The lowest BCUT2D eigenvalue weighted by molar-refractivity contribution is 0.431. The fraction of sp³-hybridized carbons (Fsp3) is 0.588. The van der Waals surface area contributed by atoms with Gasteiger partial charge < -0.3 is 14.3 Å². The standard InChI is InChI=1S/C17H27N3O/c1-3-9-18-15(7-8-16-6-5-13-21-16)14-17-19-10-12-20(17)11-4-2/h5-6,10,12-13,15,18H,3-4,7-9,11,14H2,1-2H3. The lowest BCUT2D eigenvalue weighted by Crippen LogP contribution is -2.33. The molecule has 1 N–H and O–H groups in total. The number of rotatable bonds is 10. The van der Waals surface area contributed by atoms with E-state index in [4.69, 9.17) is 4.42 Å². The zero-order chi connectivity index (χ0) is 14.9. The SMILES string of the molecule is CCCNC(CCc1ccco1)Cc1nccn1CCC. The quantitative estimate of drug-likeness (QED) is 0.728. The first-order chi connectivity index (χ1) is 10.3. The normalized spacial score (nSPS) is 12.7. The Labute approximate surface area is 127 Å². The molecule has 0 spiro atoms. The first kappa shape index (κ1) is 15.8. The Morgan fingerprint density at radius 2 is 2.24 bits per heavy atom. The van der Waals surface area contributed by atoms with Gasteiger partial charge in [-0.05, 0) is 37.9 Å². The lowest BCUT2D eigenvalue weighted by atomic mass is 10.1. The Bertz CT molecular complexity index is 490. The van der Waals surface area contributed by atoms with Crippen molar-refractivity contribution in [3.05, 3.63) is 42.4 Å². The third-order valence-corrected chi connectivity index (χ3v) is 3.70. The van der Waals surface area contributed by atoms with Gasteiger partial charge >= 0.3 is 0 Å². The van der Waals surface area contributed by atoms with Crippen LogP contribution in [0.4, 0.5) is 0 Å². The first-order valence-electron chi connectivity index (χ1n) is 8.09. The van der Waals surface area contributed by atoms with Crippen LogP contribution in [0.1, 0.15) is 44.7 Å². The highest BCUT2D eigenvalue weighted by atomic mass is 16.3. The van der Waals surface area contributed by atoms with E-state index in [2.05, 4.69) is 41.0 Å². The number of nitrogens with one attached hydrogen (secondary N) is 1. The molecule has 0 aromatic carbocycles. The summed E-state index contributed by atoms with van der Waals surface area (Å²) < 4.78 is 7.71. The summed E-state index contributed by atoms with van der Waals surface area (Å²) in [4.78, 5) is 4.53. The molecule has 0 aliphatic carbocycles. The Hall–Kier alpha value is -1.55. The van der Waals surface area contributed by atoms with Crippen molar-refractivity contribution in [2.75, 3.05) is 6.54 Å². The number of aromatic nitrogens is 2. The molecule has 0 aliphatic rings. The van der Waals surface area contributed by atoms with Crippen LogP contribution in [-0.2, 0) is 19.4 Å². The smallest absolute Gasteiger partial charge is 0.110 e. The number of hydrogen-bond acceptors (Lipinski definition) is 3. The maximum atomic E-state index is 5.44. The summed E-state index contributed by atoms with van der Waals surface area (Å²) >= 11 is 0. The average Bonchev–Trinajstić information content (AvgIpc) is 3.14. The highest BCUT2D eigenvalue weighted by Crippen LogP contribution is 2.10. The molecule has 0 bridgehead atoms. The van der Waals surface area contributed by atoms with E-state index in [0.717, 1.165) is 51.0 Å². The molecule has 1 unspecified atom stereocenters. The van der Waals surface area contributed by atoms with Crippen LogP contribution < -0.4 is 5.32 Å². The van der Waals surface area contributed by atoms with E-state index in [0.29, 0.717) is 6.04 Å². The molecule has 2 aromatic rings. The molecule has 116 valence electrons. The number of nitrogens with zero attached hydrogens (tertiary/aromatic N) is 2. The summed E-state index contributed by atoms with van der Waals surface area (Å²) in [6.45, 7) is 6.51. The van der Waals surface area contributed by atoms with Crippen molar-refractivity contribution in [1.82, 2.24) is 14.9 Å². The van der Waals surface area contributed by atoms with Crippen molar-refractivity contribution in [3.8, 4) is 0 Å². The molecule has 0 saturated carbocycles. The van der Waals surface area contributed by atoms with Gasteiger partial charge in [-0.15, -0.1) is 0 Å². The van der Waals surface area contributed by atoms with Gasteiger partial charge in [0.05, 0.1) is 6.26 Å². The molecule has 0 radical (unpaired) electrons. The molecule has 2 heterocycles. The molecule has 0 saturated heterocycles.